The molecular formula is C19H22N4OS. The summed E-state index contributed by atoms with van der Waals surface area (Å²) in [5.74, 6) is 1.13. The summed E-state index contributed by atoms with van der Waals surface area (Å²) in [7, 11) is 2.16. The number of rotatable bonds is 4. The lowest BCUT2D eigenvalue weighted by molar-refractivity contribution is 0.0951. The zero-order valence-electron chi connectivity index (χ0n) is 14.3. The van der Waals surface area contributed by atoms with Crippen LogP contribution in [-0.2, 0) is 6.54 Å². The van der Waals surface area contributed by atoms with E-state index in [4.69, 9.17) is 0 Å². The number of pyridine rings is 1. The number of anilines is 1. The molecule has 0 aliphatic carbocycles. The molecule has 1 aliphatic rings. The van der Waals surface area contributed by atoms with Crippen LogP contribution in [0.2, 0.25) is 0 Å². The number of thiophene rings is 1. The number of carbonyl (C=O) groups is 1. The first-order chi connectivity index (χ1) is 12.2. The Labute approximate surface area is 151 Å². The summed E-state index contributed by atoms with van der Waals surface area (Å²) in [6.07, 6.45) is 1.95. The number of likely N-dealkylation sites (N-methyl/N-ethyl adjacent to an activating group) is 1. The van der Waals surface area contributed by atoms with E-state index in [2.05, 4.69) is 38.7 Å². The van der Waals surface area contributed by atoms with Gasteiger partial charge in [0.2, 0.25) is 0 Å². The van der Waals surface area contributed by atoms with E-state index in [0.29, 0.717) is 12.1 Å². The molecule has 1 saturated heterocycles. The fourth-order valence-corrected chi connectivity index (χ4v) is 3.84. The molecule has 3 aromatic rings. The van der Waals surface area contributed by atoms with Crippen molar-refractivity contribution in [2.45, 2.75) is 6.54 Å². The molecule has 1 fully saturated rings. The Kier molecular flexibility index (Phi) is 4.46. The lowest BCUT2D eigenvalue weighted by atomic mass is 10.2. The van der Waals surface area contributed by atoms with Crippen molar-refractivity contribution in [3.05, 3.63) is 58.4 Å². The van der Waals surface area contributed by atoms with Gasteiger partial charge in [-0.2, -0.15) is 0 Å². The van der Waals surface area contributed by atoms with E-state index >= 15 is 0 Å². The van der Waals surface area contributed by atoms with Crippen LogP contribution >= 0.6 is 11.3 Å². The van der Waals surface area contributed by atoms with E-state index in [-0.39, 0.29) is 5.91 Å². The normalized spacial score (nSPS) is 15.6. The van der Waals surface area contributed by atoms with Gasteiger partial charge in [-0.25, -0.2) is 0 Å². The fourth-order valence-electron chi connectivity index (χ4n) is 3.20. The molecule has 25 heavy (non-hydrogen) atoms. The van der Waals surface area contributed by atoms with Crippen molar-refractivity contribution >= 4 is 28.6 Å². The largest absolute Gasteiger partial charge is 0.355 e. The van der Waals surface area contributed by atoms with E-state index < -0.39 is 0 Å². The summed E-state index contributed by atoms with van der Waals surface area (Å²) < 4.78 is 2.13. The molecule has 0 saturated carbocycles. The van der Waals surface area contributed by atoms with Crippen LogP contribution < -0.4 is 10.2 Å². The van der Waals surface area contributed by atoms with Gasteiger partial charge in [0.05, 0.1) is 12.1 Å². The van der Waals surface area contributed by atoms with Gasteiger partial charge in [-0.15, -0.1) is 11.3 Å². The van der Waals surface area contributed by atoms with Crippen LogP contribution in [0.3, 0.4) is 0 Å². The van der Waals surface area contributed by atoms with Crippen LogP contribution in [0.1, 0.15) is 15.2 Å². The monoisotopic (exact) mass is 354 g/mol. The Morgan fingerprint density at radius 2 is 1.92 bits per heavy atom. The molecule has 0 spiro atoms. The molecule has 3 aromatic heterocycles. The molecule has 1 N–H and O–H groups in total. The molecule has 130 valence electrons. The second-order valence-electron chi connectivity index (χ2n) is 6.46. The van der Waals surface area contributed by atoms with Gasteiger partial charge >= 0.3 is 0 Å². The molecule has 0 atom stereocenters. The smallest absolute Gasteiger partial charge is 0.253 e. The van der Waals surface area contributed by atoms with Crippen molar-refractivity contribution in [3.8, 4) is 0 Å². The van der Waals surface area contributed by atoms with Crippen molar-refractivity contribution in [1.82, 2.24) is 14.6 Å². The molecule has 4 rings (SSSR count). The average molecular weight is 354 g/mol. The Morgan fingerprint density at radius 3 is 2.68 bits per heavy atom. The molecule has 0 unspecified atom stereocenters. The van der Waals surface area contributed by atoms with Crippen molar-refractivity contribution in [3.63, 3.8) is 0 Å². The first-order valence-corrected chi connectivity index (χ1v) is 9.44. The number of piperazine rings is 1. The first-order valence-electron chi connectivity index (χ1n) is 8.56. The van der Waals surface area contributed by atoms with E-state index in [1.54, 1.807) is 11.3 Å². The lowest BCUT2D eigenvalue weighted by Gasteiger charge is -2.33. The predicted octanol–water partition coefficient (Wildman–Crippen LogP) is 2.68. The van der Waals surface area contributed by atoms with Crippen LogP contribution in [0, 0.1) is 0 Å². The Bertz CT molecular complexity index is 863. The van der Waals surface area contributed by atoms with Gasteiger partial charge in [-0.3, -0.25) is 4.79 Å². The minimum absolute atomic E-state index is 0.0340. The second kappa shape index (κ2) is 6.90. The number of carbonyl (C=O) groups excluding carboxylic acids is 1. The van der Waals surface area contributed by atoms with Gasteiger partial charge in [-0.05, 0) is 42.8 Å². The quantitative estimate of drug-likeness (QED) is 0.783. The maximum Gasteiger partial charge on any atom is 0.253 e. The minimum Gasteiger partial charge on any atom is -0.355 e. The zero-order chi connectivity index (χ0) is 17.2. The Morgan fingerprint density at radius 1 is 1.12 bits per heavy atom. The highest BCUT2D eigenvalue weighted by Crippen LogP contribution is 2.21. The molecule has 0 radical (unpaired) electrons. The van der Waals surface area contributed by atoms with Crippen molar-refractivity contribution < 1.29 is 4.79 Å². The zero-order valence-corrected chi connectivity index (χ0v) is 15.1. The molecular weight excluding hydrogens is 332 g/mol. The third-order valence-corrected chi connectivity index (χ3v) is 5.60. The average Bonchev–Trinajstić information content (AvgIpc) is 3.29. The Hall–Kier alpha value is -2.31. The van der Waals surface area contributed by atoms with Gasteiger partial charge in [0.15, 0.2) is 0 Å². The van der Waals surface area contributed by atoms with Crippen LogP contribution in [-0.4, -0.2) is 48.4 Å². The van der Waals surface area contributed by atoms with Crippen molar-refractivity contribution in [2.24, 2.45) is 0 Å². The molecule has 4 heterocycles. The highest BCUT2D eigenvalue weighted by molar-refractivity contribution is 7.09. The van der Waals surface area contributed by atoms with E-state index in [1.807, 2.05) is 35.8 Å². The second-order valence-corrected chi connectivity index (χ2v) is 7.49. The van der Waals surface area contributed by atoms with Crippen LogP contribution in [0.5, 0.6) is 0 Å². The summed E-state index contributed by atoms with van der Waals surface area (Å²) in [6, 6.07) is 12.2. The summed E-state index contributed by atoms with van der Waals surface area (Å²) >= 11 is 1.65. The summed E-state index contributed by atoms with van der Waals surface area (Å²) in [4.78, 5) is 18.4. The summed E-state index contributed by atoms with van der Waals surface area (Å²) in [6.45, 7) is 4.73. The van der Waals surface area contributed by atoms with Gasteiger partial charge in [0.1, 0.15) is 5.82 Å². The van der Waals surface area contributed by atoms with Gasteiger partial charge in [-0.1, -0.05) is 6.07 Å². The maximum atomic E-state index is 12.5. The summed E-state index contributed by atoms with van der Waals surface area (Å²) in [5, 5.41) is 5.02. The van der Waals surface area contributed by atoms with E-state index in [9.17, 15) is 4.79 Å². The molecule has 6 heteroatoms. The topological polar surface area (TPSA) is 40.0 Å². The summed E-state index contributed by atoms with van der Waals surface area (Å²) in [5.41, 5.74) is 1.80. The standard InChI is InChI=1S/C19H22N4OS/c1-21-8-10-22(11-9-21)18-7-6-16-5-4-15(14-23(16)18)19(24)20-13-17-3-2-12-25-17/h2-7,12,14H,8-11,13H2,1H3,(H,20,24). The number of fused-ring (bicyclic) bond motifs is 1. The van der Waals surface area contributed by atoms with Crippen LogP contribution in [0.4, 0.5) is 5.82 Å². The third-order valence-electron chi connectivity index (χ3n) is 4.72. The highest BCUT2D eigenvalue weighted by atomic mass is 32.1. The molecule has 0 bridgehead atoms. The SMILES string of the molecule is CN1CCN(c2ccc3ccc(C(=O)NCc4cccs4)cn23)CC1. The van der Waals surface area contributed by atoms with Gasteiger partial charge < -0.3 is 19.5 Å². The number of amides is 1. The molecule has 1 aliphatic heterocycles. The first kappa shape index (κ1) is 16.2. The highest BCUT2D eigenvalue weighted by Gasteiger charge is 2.17. The number of aromatic nitrogens is 1. The predicted molar refractivity (Wildman–Crippen MR) is 103 cm³/mol. The van der Waals surface area contributed by atoms with Crippen LogP contribution in [0.25, 0.3) is 5.52 Å². The van der Waals surface area contributed by atoms with E-state index in [1.165, 1.54) is 0 Å². The van der Waals surface area contributed by atoms with Crippen LogP contribution in [0.15, 0.2) is 48.0 Å². The minimum atomic E-state index is -0.0340. The maximum absolute atomic E-state index is 12.5. The van der Waals surface area contributed by atoms with Crippen molar-refractivity contribution in [2.75, 3.05) is 38.1 Å². The fraction of sp³-hybridized carbons (Fsp3) is 0.316. The molecule has 1 amide bonds. The van der Waals surface area contributed by atoms with E-state index in [0.717, 1.165) is 42.4 Å². The number of hydrogen-bond acceptors (Lipinski definition) is 4. The number of nitrogens with one attached hydrogen (secondary N) is 1. The molecule has 5 nitrogen and oxygen atoms in total. The number of hydrogen-bond donors (Lipinski definition) is 1. The third kappa shape index (κ3) is 3.41. The Balaban J connectivity index is 1.54. The van der Waals surface area contributed by atoms with Gasteiger partial charge in [0.25, 0.3) is 5.91 Å². The van der Waals surface area contributed by atoms with Crippen molar-refractivity contribution in [1.29, 1.82) is 0 Å². The molecule has 0 aromatic carbocycles. The van der Waals surface area contributed by atoms with Gasteiger partial charge in [0, 0.05) is 42.8 Å². The lowest BCUT2D eigenvalue weighted by Crippen LogP contribution is -2.44. The number of nitrogens with zero attached hydrogens (tertiary/aromatic N) is 3.